The topological polar surface area (TPSA) is 54.4 Å². The fraction of sp³-hybridized carbons (Fsp3) is 0.294. The van der Waals surface area contributed by atoms with Crippen molar-refractivity contribution in [2.24, 2.45) is 5.92 Å². The van der Waals surface area contributed by atoms with Crippen molar-refractivity contribution in [3.63, 3.8) is 0 Å². The average Bonchev–Trinajstić information content (AvgIpc) is 2.57. The maximum Gasteiger partial charge on any atom is 0.416 e. The molecule has 0 radical (unpaired) electrons. The zero-order valence-corrected chi connectivity index (χ0v) is 14.3. The lowest BCUT2D eigenvalue weighted by Crippen LogP contribution is -2.24. The minimum atomic E-state index is -4.64. The second kappa shape index (κ2) is 7.32. The van der Waals surface area contributed by atoms with E-state index >= 15 is 0 Å². The number of hydrogen-bond donors (Lipinski definition) is 1. The maximum atomic E-state index is 14.1. The van der Waals surface area contributed by atoms with Crippen LogP contribution in [0.5, 0.6) is 0 Å². The highest BCUT2D eigenvalue weighted by atomic mass is 32.2. The SMILES string of the molecule is C[C@H](CO)[C@@H](c1cc(F)ccc1F)S(=O)(=O)c1ccc(C(F)(F)F)cc1. The first-order valence-electron chi connectivity index (χ1n) is 7.45. The van der Waals surface area contributed by atoms with E-state index in [9.17, 15) is 35.5 Å². The third kappa shape index (κ3) is 4.04. The van der Waals surface area contributed by atoms with Gasteiger partial charge in [0.15, 0.2) is 9.84 Å². The molecule has 26 heavy (non-hydrogen) atoms. The Balaban J connectivity index is 2.58. The molecule has 0 aromatic heterocycles. The van der Waals surface area contributed by atoms with Gasteiger partial charge in [-0.25, -0.2) is 17.2 Å². The predicted octanol–water partition coefficient (Wildman–Crippen LogP) is 4.13. The minimum absolute atomic E-state index is 0.487. The summed E-state index contributed by atoms with van der Waals surface area (Å²) in [5.74, 6) is -2.90. The smallest absolute Gasteiger partial charge is 0.396 e. The highest BCUT2D eigenvalue weighted by Crippen LogP contribution is 2.38. The van der Waals surface area contributed by atoms with E-state index in [1.165, 1.54) is 6.92 Å². The molecule has 2 rings (SSSR count). The van der Waals surface area contributed by atoms with Gasteiger partial charge in [-0.05, 0) is 42.5 Å². The molecule has 1 N–H and O–H groups in total. The molecule has 0 unspecified atom stereocenters. The second-order valence-corrected chi connectivity index (χ2v) is 7.88. The molecular weight excluding hydrogens is 379 g/mol. The zero-order valence-electron chi connectivity index (χ0n) is 13.5. The Kier molecular flexibility index (Phi) is 5.72. The van der Waals surface area contributed by atoms with Crippen LogP contribution in [-0.2, 0) is 16.0 Å². The van der Waals surface area contributed by atoms with Crippen molar-refractivity contribution in [1.29, 1.82) is 0 Å². The highest BCUT2D eigenvalue weighted by Gasteiger charge is 2.37. The largest absolute Gasteiger partial charge is 0.416 e. The van der Waals surface area contributed by atoms with E-state index < -0.39 is 61.4 Å². The Bertz CT molecular complexity index is 876. The lowest BCUT2D eigenvalue weighted by atomic mass is 10.0. The fourth-order valence-corrected chi connectivity index (χ4v) is 4.61. The van der Waals surface area contributed by atoms with Crippen LogP contribution in [0.4, 0.5) is 22.0 Å². The van der Waals surface area contributed by atoms with Crippen LogP contribution in [0.15, 0.2) is 47.4 Å². The molecule has 0 spiro atoms. The van der Waals surface area contributed by atoms with Crippen LogP contribution in [0.1, 0.15) is 23.3 Å². The fourth-order valence-electron chi connectivity index (χ4n) is 2.59. The van der Waals surface area contributed by atoms with Gasteiger partial charge in [-0.2, -0.15) is 13.2 Å². The van der Waals surface area contributed by atoms with Crippen LogP contribution in [0.3, 0.4) is 0 Å². The van der Waals surface area contributed by atoms with Crippen LogP contribution in [-0.4, -0.2) is 20.1 Å². The summed E-state index contributed by atoms with van der Waals surface area (Å²) in [5.41, 5.74) is -1.54. The summed E-state index contributed by atoms with van der Waals surface area (Å²) in [7, 11) is -4.40. The number of alkyl halides is 3. The molecule has 2 aromatic rings. The van der Waals surface area contributed by atoms with E-state index in [2.05, 4.69) is 0 Å². The molecule has 0 fully saturated rings. The Hall–Kier alpha value is -2.00. The first-order valence-corrected chi connectivity index (χ1v) is 9.00. The van der Waals surface area contributed by atoms with Crippen LogP contribution in [0.2, 0.25) is 0 Å². The summed E-state index contributed by atoms with van der Waals surface area (Å²) in [5, 5.41) is 7.69. The van der Waals surface area contributed by atoms with Gasteiger partial charge in [-0.15, -0.1) is 0 Å². The van der Waals surface area contributed by atoms with Gasteiger partial charge in [0.2, 0.25) is 0 Å². The minimum Gasteiger partial charge on any atom is -0.396 e. The van der Waals surface area contributed by atoms with Gasteiger partial charge in [-0.1, -0.05) is 6.92 Å². The molecule has 3 nitrogen and oxygen atoms in total. The summed E-state index contributed by atoms with van der Waals surface area (Å²) in [6.45, 7) is 0.664. The number of aliphatic hydroxyl groups excluding tert-OH is 1. The Morgan fingerprint density at radius 2 is 1.62 bits per heavy atom. The average molecular weight is 394 g/mol. The van der Waals surface area contributed by atoms with Crippen molar-refractivity contribution in [2.75, 3.05) is 6.61 Å². The van der Waals surface area contributed by atoms with Crippen molar-refractivity contribution in [3.05, 3.63) is 65.2 Å². The molecule has 0 bridgehead atoms. The van der Waals surface area contributed by atoms with Gasteiger partial charge in [0, 0.05) is 18.1 Å². The van der Waals surface area contributed by atoms with E-state index in [0.717, 1.165) is 24.3 Å². The van der Waals surface area contributed by atoms with E-state index in [-0.39, 0.29) is 0 Å². The molecule has 0 aliphatic heterocycles. The molecule has 0 heterocycles. The van der Waals surface area contributed by atoms with Crippen LogP contribution >= 0.6 is 0 Å². The Morgan fingerprint density at radius 1 is 1.04 bits per heavy atom. The van der Waals surface area contributed by atoms with Crippen molar-refractivity contribution >= 4 is 9.84 Å². The number of hydrogen-bond acceptors (Lipinski definition) is 3. The molecule has 0 aliphatic carbocycles. The van der Waals surface area contributed by atoms with E-state index in [0.29, 0.717) is 18.2 Å². The number of benzene rings is 2. The standard InChI is InChI=1S/C17H15F5O3S/c1-10(9-23)16(14-8-12(18)4-7-15(14)19)26(24,25)13-5-2-11(3-6-13)17(20,21)22/h2-8,10,16,23H,9H2,1H3/t10-,16+/m1/s1. The predicted molar refractivity (Wildman–Crippen MR) is 84.0 cm³/mol. The number of halogens is 5. The Labute approximate surface area is 147 Å². The quantitative estimate of drug-likeness (QED) is 0.776. The van der Waals surface area contributed by atoms with Crippen molar-refractivity contribution < 1.29 is 35.5 Å². The lowest BCUT2D eigenvalue weighted by Gasteiger charge is -2.24. The molecule has 0 saturated heterocycles. The first-order chi connectivity index (χ1) is 12.0. The van der Waals surface area contributed by atoms with Crippen LogP contribution < -0.4 is 0 Å². The van der Waals surface area contributed by atoms with Crippen molar-refractivity contribution in [3.8, 4) is 0 Å². The number of sulfone groups is 1. The van der Waals surface area contributed by atoms with Gasteiger partial charge in [0.25, 0.3) is 0 Å². The van der Waals surface area contributed by atoms with Gasteiger partial charge in [0.05, 0.1) is 15.7 Å². The summed E-state index contributed by atoms with van der Waals surface area (Å²) >= 11 is 0. The van der Waals surface area contributed by atoms with Crippen LogP contribution in [0.25, 0.3) is 0 Å². The normalized spacial score (nSPS) is 14.9. The third-order valence-electron chi connectivity index (χ3n) is 3.91. The van der Waals surface area contributed by atoms with Gasteiger partial charge < -0.3 is 5.11 Å². The van der Waals surface area contributed by atoms with E-state index in [1.54, 1.807) is 0 Å². The molecule has 2 atom stereocenters. The van der Waals surface area contributed by atoms with Gasteiger partial charge in [-0.3, -0.25) is 0 Å². The van der Waals surface area contributed by atoms with E-state index in [4.69, 9.17) is 0 Å². The summed E-state index contributed by atoms with van der Waals surface area (Å²) in [6.07, 6.45) is -4.64. The molecule has 142 valence electrons. The molecule has 9 heteroatoms. The van der Waals surface area contributed by atoms with E-state index in [1.807, 2.05) is 0 Å². The summed E-state index contributed by atoms with van der Waals surface area (Å²) in [6, 6.07) is 4.96. The van der Waals surface area contributed by atoms with Gasteiger partial charge in [0.1, 0.15) is 11.6 Å². The summed E-state index contributed by atoms with van der Waals surface area (Å²) < 4.78 is 91.3. The summed E-state index contributed by atoms with van der Waals surface area (Å²) in [4.78, 5) is -0.487. The molecule has 0 saturated carbocycles. The third-order valence-corrected chi connectivity index (χ3v) is 6.23. The van der Waals surface area contributed by atoms with Crippen molar-refractivity contribution in [2.45, 2.75) is 23.2 Å². The second-order valence-electron chi connectivity index (χ2n) is 5.81. The molecule has 0 aliphatic rings. The number of rotatable bonds is 5. The van der Waals surface area contributed by atoms with Crippen LogP contribution in [0, 0.1) is 17.6 Å². The highest BCUT2D eigenvalue weighted by molar-refractivity contribution is 7.91. The first kappa shape index (κ1) is 20.3. The monoisotopic (exact) mass is 394 g/mol. The van der Waals surface area contributed by atoms with Crippen molar-refractivity contribution in [1.82, 2.24) is 0 Å². The Morgan fingerprint density at radius 3 is 2.12 bits per heavy atom. The molecule has 0 amide bonds. The zero-order chi connectivity index (χ0) is 19.7. The number of aliphatic hydroxyl groups is 1. The maximum absolute atomic E-state index is 14.1. The molecule has 2 aromatic carbocycles. The molecular formula is C17H15F5O3S. The lowest BCUT2D eigenvalue weighted by molar-refractivity contribution is -0.137. The van der Waals surface area contributed by atoms with Gasteiger partial charge >= 0.3 is 6.18 Å².